The molecule has 0 aliphatic carbocycles. The Kier molecular flexibility index (Phi) is 5.14. The zero-order valence-corrected chi connectivity index (χ0v) is 12.3. The highest BCUT2D eigenvalue weighted by Gasteiger charge is 2.07. The van der Waals surface area contributed by atoms with E-state index in [0.29, 0.717) is 11.3 Å². The number of anilines is 1. The SMILES string of the molecule is CCc1ccccc1NC(=O)COc1ccc(C(N)=O)cc1. The molecule has 2 amide bonds. The van der Waals surface area contributed by atoms with Crippen LogP contribution in [0.3, 0.4) is 0 Å². The normalized spacial score (nSPS) is 10.0. The summed E-state index contributed by atoms with van der Waals surface area (Å²) in [6.45, 7) is 1.93. The van der Waals surface area contributed by atoms with Crippen LogP contribution in [0.1, 0.15) is 22.8 Å². The topological polar surface area (TPSA) is 81.4 Å². The maximum atomic E-state index is 11.9. The van der Waals surface area contributed by atoms with Crippen LogP contribution in [-0.4, -0.2) is 18.4 Å². The second-order valence-electron chi connectivity index (χ2n) is 4.74. The molecule has 0 radical (unpaired) electrons. The predicted octanol–water partition coefficient (Wildman–Crippen LogP) is 2.37. The zero-order valence-electron chi connectivity index (χ0n) is 12.3. The summed E-state index contributed by atoms with van der Waals surface area (Å²) in [7, 11) is 0. The summed E-state index contributed by atoms with van der Waals surface area (Å²) in [5.74, 6) is -0.232. The Morgan fingerprint density at radius 3 is 2.41 bits per heavy atom. The minimum absolute atomic E-state index is 0.103. The van der Waals surface area contributed by atoms with Gasteiger partial charge in [0.1, 0.15) is 5.75 Å². The van der Waals surface area contributed by atoms with Crippen molar-refractivity contribution in [1.29, 1.82) is 0 Å². The molecule has 0 aromatic heterocycles. The summed E-state index contributed by atoms with van der Waals surface area (Å²) < 4.78 is 5.38. The number of nitrogens with two attached hydrogens (primary N) is 1. The third-order valence-corrected chi connectivity index (χ3v) is 3.18. The molecule has 0 atom stereocenters. The number of para-hydroxylation sites is 1. The maximum absolute atomic E-state index is 11.9. The summed E-state index contributed by atoms with van der Waals surface area (Å²) >= 11 is 0. The standard InChI is InChI=1S/C17H18N2O3/c1-2-12-5-3-4-6-15(12)19-16(20)11-22-14-9-7-13(8-10-14)17(18)21/h3-10H,2,11H2,1H3,(H2,18,21)(H,19,20). The molecule has 0 saturated heterocycles. The zero-order chi connectivity index (χ0) is 15.9. The summed E-state index contributed by atoms with van der Waals surface area (Å²) in [6, 6.07) is 14.0. The van der Waals surface area contributed by atoms with Crippen LogP contribution in [0.25, 0.3) is 0 Å². The van der Waals surface area contributed by atoms with Crippen molar-refractivity contribution < 1.29 is 14.3 Å². The highest BCUT2D eigenvalue weighted by atomic mass is 16.5. The van der Waals surface area contributed by atoms with Crippen LogP contribution in [0, 0.1) is 0 Å². The number of amides is 2. The quantitative estimate of drug-likeness (QED) is 0.859. The molecular formula is C17H18N2O3. The molecule has 0 unspecified atom stereocenters. The first-order chi connectivity index (χ1) is 10.6. The van der Waals surface area contributed by atoms with E-state index in [1.165, 1.54) is 0 Å². The fourth-order valence-electron chi connectivity index (χ4n) is 2.00. The molecular weight excluding hydrogens is 280 g/mol. The Morgan fingerprint density at radius 2 is 1.77 bits per heavy atom. The first kappa shape index (κ1) is 15.6. The van der Waals surface area contributed by atoms with Gasteiger partial charge < -0.3 is 15.8 Å². The molecule has 2 aromatic carbocycles. The molecule has 5 nitrogen and oxygen atoms in total. The molecule has 0 saturated carbocycles. The van der Waals surface area contributed by atoms with Gasteiger partial charge in [-0.05, 0) is 42.3 Å². The minimum atomic E-state index is -0.500. The van der Waals surface area contributed by atoms with Crippen molar-refractivity contribution in [2.24, 2.45) is 5.73 Å². The smallest absolute Gasteiger partial charge is 0.262 e. The van der Waals surface area contributed by atoms with E-state index < -0.39 is 5.91 Å². The van der Waals surface area contributed by atoms with Crippen LogP contribution >= 0.6 is 0 Å². The number of hydrogen-bond acceptors (Lipinski definition) is 3. The molecule has 0 aliphatic rings. The van der Waals surface area contributed by atoms with Gasteiger partial charge in [-0.3, -0.25) is 9.59 Å². The lowest BCUT2D eigenvalue weighted by molar-refractivity contribution is -0.118. The molecule has 2 rings (SSSR count). The summed E-state index contributed by atoms with van der Waals surface area (Å²) in [6.07, 6.45) is 0.839. The van der Waals surface area contributed by atoms with Crippen molar-refractivity contribution in [3.8, 4) is 5.75 Å². The molecule has 0 fully saturated rings. The third-order valence-electron chi connectivity index (χ3n) is 3.18. The second-order valence-corrected chi connectivity index (χ2v) is 4.74. The Bertz CT molecular complexity index is 666. The van der Waals surface area contributed by atoms with Crippen LogP contribution in [-0.2, 0) is 11.2 Å². The number of ether oxygens (including phenoxy) is 1. The average Bonchev–Trinajstić information content (AvgIpc) is 2.54. The number of carbonyl (C=O) groups is 2. The Labute approximate surface area is 129 Å². The van der Waals surface area contributed by atoms with Gasteiger partial charge >= 0.3 is 0 Å². The fourth-order valence-corrected chi connectivity index (χ4v) is 2.00. The van der Waals surface area contributed by atoms with Crippen molar-refractivity contribution in [3.05, 3.63) is 59.7 Å². The number of primary amides is 1. The van der Waals surface area contributed by atoms with Crippen LogP contribution < -0.4 is 15.8 Å². The lowest BCUT2D eigenvalue weighted by Crippen LogP contribution is -2.21. The third kappa shape index (κ3) is 4.09. The van der Waals surface area contributed by atoms with Gasteiger partial charge in [-0.15, -0.1) is 0 Å². The Balaban J connectivity index is 1.91. The Morgan fingerprint density at radius 1 is 1.09 bits per heavy atom. The number of carbonyl (C=O) groups excluding carboxylic acids is 2. The van der Waals surface area contributed by atoms with E-state index in [1.54, 1.807) is 24.3 Å². The van der Waals surface area contributed by atoms with E-state index in [0.717, 1.165) is 17.7 Å². The summed E-state index contributed by atoms with van der Waals surface area (Å²) in [4.78, 5) is 22.9. The van der Waals surface area contributed by atoms with Crippen molar-refractivity contribution >= 4 is 17.5 Å². The van der Waals surface area contributed by atoms with Gasteiger partial charge in [0.2, 0.25) is 5.91 Å². The number of aryl methyl sites for hydroxylation is 1. The van der Waals surface area contributed by atoms with Gasteiger partial charge in [-0.2, -0.15) is 0 Å². The van der Waals surface area contributed by atoms with E-state index in [9.17, 15) is 9.59 Å². The van der Waals surface area contributed by atoms with Gasteiger partial charge in [0.05, 0.1) is 0 Å². The van der Waals surface area contributed by atoms with Crippen molar-refractivity contribution in [2.75, 3.05) is 11.9 Å². The van der Waals surface area contributed by atoms with Crippen LogP contribution in [0.15, 0.2) is 48.5 Å². The number of nitrogens with one attached hydrogen (secondary N) is 1. The minimum Gasteiger partial charge on any atom is -0.484 e. The number of hydrogen-bond donors (Lipinski definition) is 2. The molecule has 3 N–H and O–H groups in total. The van der Waals surface area contributed by atoms with Gasteiger partial charge in [0.15, 0.2) is 6.61 Å². The molecule has 5 heteroatoms. The predicted molar refractivity (Wildman–Crippen MR) is 84.9 cm³/mol. The lowest BCUT2D eigenvalue weighted by atomic mass is 10.1. The first-order valence-corrected chi connectivity index (χ1v) is 7.00. The highest BCUT2D eigenvalue weighted by molar-refractivity contribution is 5.93. The largest absolute Gasteiger partial charge is 0.484 e. The monoisotopic (exact) mass is 298 g/mol. The number of benzene rings is 2. The molecule has 22 heavy (non-hydrogen) atoms. The fraction of sp³-hybridized carbons (Fsp3) is 0.176. The molecule has 2 aromatic rings. The van der Waals surface area contributed by atoms with E-state index in [1.807, 2.05) is 31.2 Å². The summed E-state index contributed by atoms with van der Waals surface area (Å²) in [5, 5.41) is 2.82. The molecule has 0 heterocycles. The van der Waals surface area contributed by atoms with Crippen LogP contribution in [0.4, 0.5) is 5.69 Å². The first-order valence-electron chi connectivity index (χ1n) is 7.00. The van der Waals surface area contributed by atoms with E-state index in [4.69, 9.17) is 10.5 Å². The van der Waals surface area contributed by atoms with E-state index in [-0.39, 0.29) is 12.5 Å². The maximum Gasteiger partial charge on any atom is 0.262 e. The van der Waals surface area contributed by atoms with Crippen molar-refractivity contribution in [3.63, 3.8) is 0 Å². The highest BCUT2D eigenvalue weighted by Crippen LogP contribution is 2.16. The molecule has 0 bridgehead atoms. The van der Waals surface area contributed by atoms with Gasteiger partial charge in [0, 0.05) is 11.3 Å². The summed E-state index contributed by atoms with van der Waals surface area (Å²) in [5.41, 5.74) is 7.42. The lowest BCUT2D eigenvalue weighted by Gasteiger charge is -2.10. The molecule has 0 aliphatic heterocycles. The van der Waals surface area contributed by atoms with Crippen LogP contribution in [0.5, 0.6) is 5.75 Å². The van der Waals surface area contributed by atoms with E-state index >= 15 is 0 Å². The van der Waals surface area contributed by atoms with Crippen molar-refractivity contribution in [1.82, 2.24) is 0 Å². The molecule has 0 spiro atoms. The Hall–Kier alpha value is -2.82. The van der Waals surface area contributed by atoms with Gasteiger partial charge in [0.25, 0.3) is 5.91 Å². The second kappa shape index (κ2) is 7.26. The average molecular weight is 298 g/mol. The van der Waals surface area contributed by atoms with Gasteiger partial charge in [-0.25, -0.2) is 0 Å². The van der Waals surface area contributed by atoms with Gasteiger partial charge in [-0.1, -0.05) is 25.1 Å². The molecule has 114 valence electrons. The number of rotatable bonds is 6. The van der Waals surface area contributed by atoms with Crippen molar-refractivity contribution in [2.45, 2.75) is 13.3 Å². The van der Waals surface area contributed by atoms with E-state index in [2.05, 4.69) is 5.32 Å². The van der Waals surface area contributed by atoms with Crippen LogP contribution in [0.2, 0.25) is 0 Å².